The largest absolute Gasteiger partial charge is 0.497 e. The smallest absolute Gasteiger partial charge is 0.163 e. The van der Waals surface area contributed by atoms with Crippen molar-refractivity contribution in [3.05, 3.63) is 65.7 Å². The van der Waals surface area contributed by atoms with Gasteiger partial charge < -0.3 is 4.74 Å². The molecule has 0 aromatic heterocycles. The lowest BCUT2D eigenvalue weighted by atomic mass is 9.87. The van der Waals surface area contributed by atoms with Crippen molar-refractivity contribution in [1.29, 1.82) is 0 Å². The molecule has 2 aromatic rings. The summed E-state index contributed by atoms with van der Waals surface area (Å²) >= 11 is 0. The molecule has 0 saturated carbocycles. The van der Waals surface area contributed by atoms with E-state index in [1.807, 2.05) is 49.4 Å². The molecule has 0 fully saturated rings. The average Bonchev–Trinajstić information content (AvgIpc) is 2.59. The summed E-state index contributed by atoms with van der Waals surface area (Å²) in [7, 11) is 1.60. The normalized spacial score (nSPS) is 11.7. The van der Waals surface area contributed by atoms with E-state index >= 15 is 0 Å². The molecule has 0 aliphatic rings. The van der Waals surface area contributed by atoms with Crippen molar-refractivity contribution < 1.29 is 14.3 Å². The molecule has 0 aliphatic heterocycles. The number of ether oxygens (including phenoxy) is 1. The Labute approximate surface area is 130 Å². The van der Waals surface area contributed by atoms with Gasteiger partial charge in [0.05, 0.1) is 7.11 Å². The van der Waals surface area contributed by atoms with Gasteiger partial charge in [0.2, 0.25) is 0 Å². The fourth-order valence-electron chi connectivity index (χ4n) is 2.43. The third-order valence-electron chi connectivity index (χ3n) is 3.74. The highest BCUT2D eigenvalue weighted by Crippen LogP contribution is 2.26. The van der Waals surface area contributed by atoms with Crippen LogP contribution >= 0.6 is 0 Å². The van der Waals surface area contributed by atoms with Crippen LogP contribution in [0.25, 0.3) is 0 Å². The molecule has 0 radical (unpaired) electrons. The zero-order chi connectivity index (χ0) is 15.9. The van der Waals surface area contributed by atoms with Gasteiger partial charge in [0.1, 0.15) is 11.5 Å². The van der Waals surface area contributed by atoms with Gasteiger partial charge in [0, 0.05) is 24.3 Å². The molecular weight excluding hydrogens is 276 g/mol. The van der Waals surface area contributed by atoms with E-state index in [4.69, 9.17) is 4.74 Å². The Hall–Kier alpha value is -2.42. The standard InChI is InChI=1S/C19H20O3/c1-3-18(20)17(14-9-11-16(22-2)12-10-14)13-19(21)15-7-5-4-6-8-15/h4-12,17H,3,13H2,1-2H3. The number of hydrogen-bond acceptors (Lipinski definition) is 3. The first-order valence-corrected chi connectivity index (χ1v) is 7.40. The molecule has 2 rings (SSSR count). The fraction of sp³-hybridized carbons (Fsp3) is 0.263. The predicted octanol–water partition coefficient (Wildman–Crippen LogP) is 4.03. The Bertz CT molecular complexity index is 629. The van der Waals surface area contributed by atoms with E-state index in [2.05, 4.69) is 0 Å². The highest BCUT2D eigenvalue weighted by molar-refractivity contribution is 6.00. The van der Waals surface area contributed by atoms with Gasteiger partial charge >= 0.3 is 0 Å². The van der Waals surface area contributed by atoms with Gasteiger partial charge in [-0.25, -0.2) is 0 Å². The van der Waals surface area contributed by atoms with E-state index in [0.717, 1.165) is 11.3 Å². The summed E-state index contributed by atoms with van der Waals surface area (Å²) in [6, 6.07) is 16.4. The van der Waals surface area contributed by atoms with Crippen LogP contribution in [-0.2, 0) is 4.79 Å². The molecular formula is C19H20O3. The summed E-state index contributed by atoms with van der Waals surface area (Å²) in [5, 5.41) is 0. The minimum atomic E-state index is -0.399. The minimum absolute atomic E-state index is 0.0109. The molecule has 0 spiro atoms. The summed E-state index contributed by atoms with van der Waals surface area (Å²) in [6.45, 7) is 1.83. The van der Waals surface area contributed by atoms with E-state index in [1.165, 1.54) is 0 Å². The van der Waals surface area contributed by atoms with E-state index in [1.54, 1.807) is 19.2 Å². The number of benzene rings is 2. The highest BCUT2D eigenvalue weighted by atomic mass is 16.5. The number of methoxy groups -OCH3 is 1. The quantitative estimate of drug-likeness (QED) is 0.724. The lowest BCUT2D eigenvalue weighted by molar-refractivity contribution is -0.120. The number of carbonyl (C=O) groups is 2. The van der Waals surface area contributed by atoms with Crippen LogP contribution in [0.1, 0.15) is 41.6 Å². The molecule has 0 saturated heterocycles. The fourth-order valence-corrected chi connectivity index (χ4v) is 2.43. The maximum atomic E-state index is 12.4. The van der Waals surface area contributed by atoms with Crippen molar-refractivity contribution in [3.8, 4) is 5.75 Å². The number of hydrogen-bond donors (Lipinski definition) is 0. The molecule has 0 heterocycles. The van der Waals surface area contributed by atoms with Crippen molar-refractivity contribution in [3.63, 3.8) is 0 Å². The van der Waals surface area contributed by atoms with Gasteiger partial charge in [-0.3, -0.25) is 9.59 Å². The first-order chi connectivity index (χ1) is 10.7. The second-order valence-electron chi connectivity index (χ2n) is 5.14. The van der Waals surface area contributed by atoms with Crippen molar-refractivity contribution in [2.24, 2.45) is 0 Å². The van der Waals surface area contributed by atoms with Crippen LogP contribution in [0.15, 0.2) is 54.6 Å². The Morgan fingerprint density at radius 3 is 2.18 bits per heavy atom. The van der Waals surface area contributed by atoms with Crippen LogP contribution in [0.5, 0.6) is 5.75 Å². The lowest BCUT2D eigenvalue weighted by Crippen LogP contribution is -2.16. The molecule has 0 bridgehead atoms. The Morgan fingerprint density at radius 1 is 1.00 bits per heavy atom. The van der Waals surface area contributed by atoms with Crippen molar-refractivity contribution in [2.75, 3.05) is 7.11 Å². The molecule has 0 N–H and O–H groups in total. The number of carbonyl (C=O) groups excluding carboxylic acids is 2. The van der Waals surface area contributed by atoms with Crippen LogP contribution < -0.4 is 4.74 Å². The summed E-state index contributed by atoms with van der Waals surface area (Å²) < 4.78 is 5.13. The first-order valence-electron chi connectivity index (χ1n) is 7.40. The van der Waals surface area contributed by atoms with E-state index < -0.39 is 5.92 Å². The van der Waals surface area contributed by atoms with Gasteiger partial charge in [-0.15, -0.1) is 0 Å². The van der Waals surface area contributed by atoms with Gasteiger partial charge in [0.25, 0.3) is 0 Å². The number of rotatable bonds is 7. The van der Waals surface area contributed by atoms with E-state index in [-0.39, 0.29) is 18.0 Å². The van der Waals surface area contributed by atoms with Crippen molar-refractivity contribution in [2.45, 2.75) is 25.7 Å². The van der Waals surface area contributed by atoms with Gasteiger partial charge in [-0.05, 0) is 17.7 Å². The average molecular weight is 296 g/mol. The highest BCUT2D eigenvalue weighted by Gasteiger charge is 2.23. The second-order valence-corrected chi connectivity index (χ2v) is 5.14. The molecule has 22 heavy (non-hydrogen) atoms. The molecule has 3 heteroatoms. The van der Waals surface area contributed by atoms with Crippen molar-refractivity contribution >= 4 is 11.6 Å². The van der Waals surface area contributed by atoms with E-state index in [0.29, 0.717) is 12.0 Å². The number of ketones is 2. The summed E-state index contributed by atoms with van der Waals surface area (Å²) in [5.41, 5.74) is 1.50. The van der Waals surface area contributed by atoms with Crippen LogP contribution in [0, 0.1) is 0 Å². The van der Waals surface area contributed by atoms with E-state index in [9.17, 15) is 9.59 Å². The molecule has 2 aromatic carbocycles. The summed E-state index contributed by atoms with van der Waals surface area (Å²) in [6.07, 6.45) is 0.613. The Balaban J connectivity index is 2.22. The van der Waals surface area contributed by atoms with Crippen LogP contribution in [-0.4, -0.2) is 18.7 Å². The SMILES string of the molecule is CCC(=O)C(CC(=O)c1ccccc1)c1ccc(OC)cc1. The van der Waals surface area contributed by atoms with Crippen LogP contribution in [0.2, 0.25) is 0 Å². The summed E-state index contributed by atoms with van der Waals surface area (Å²) in [5.74, 6) is 0.405. The maximum Gasteiger partial charge on any atom is 0.163 e. The lowest BCUT2D eigenvalue weighted by Gasteiger charge is -2.15. The summed E-state index contributed by atoms with van der Waals surface area (Å²) in [4.78, 5) is 24.6. The minimum Gasteiger partial charge on any atom is -0.497 e. The van der Waals surface area contributed by atoms with Crippen molar-refractivity contribution in [1.82, 2.24) is 0 Å². The molecule has 1 atom stereocenters. The third-order valence-corrected chi connectivity index (χ3v) is 3.74. The molecule has 0 aliphatic carbocycles. The third kappa shape index (κ3) is 3.82. The van der Waals surface area contributed by atoms with Crippen LogP contribution in [0.3, 0.4) is 0 Å². The van der Waals surface area contributed by atoms with Gasteiger partial charge in [-0.2, -0.15) is 0 Å². The Kier molecular flexibility index (Phi) is 5.48. The second kappa shape index (κ2) is 7.55. The molecule has 0 amide bonds. The maximum absolute atomic E-state index is 12.4. The predicted molar refractivity (Wildman–Crippen MR) is 86.4 cm³/mol. The first kappa shape index (κ1) is 16.0. The monoisotopic (exact) mass is 296 g/mol. The zero-order valence-corrected chi connectivity index (χ0v) is 12.9. The van der Waals surface area contributed by atoms with Crippen LogP contribution in [0.4, 0.5) is 0 Å². The molecule has 114 valence electrons. The zero-order valence-electron chi connectivity index (χ0n) is 12.9. The number of Topliss-reactive ketones (excluding diaryl/α,β-unsaturated/α-hetero) is 2. The topological polar surface area (TPSA) is 43.4 Å². The van der Waals surface area contributed by atoms with Gasteiger partial charge in [-0.1, -0.05) is 49.4 Å². The molecule has 1 unspecified atom stereocenters. The Morgan fingerprint density at radius 2 is 1.64 bits per heavy atom. The van der Waals surface area contributed by atoms with Gasteiger partial charge in [0.15, 0.2) is 5.78 Å². The molecule has 3 nitrogen and oxygen atoms in total.